The number of amidine groups is 1. The Labute approximate surface area is 132 Å². The maximum absolute atomic E-state index is 12.4. The number of hydrogen-bond acceptors (Lipinski definition) is 3. The maximum Gasteiger partial charge on any atom is 0.226 e. The number of nitrogens with zero attached hydrogens (tertiary/aromatic N) is 1. The van der Waals surface area contributed by atoms with Crippen LogP contribution >= 0.6 is 27.7 Å². The highest BCUT2D eigenvalue weighted by atomic mass is 79.9. The molecule has 5 aliphatic rings. The summed E-state index contributed by atoms with van der Waals surface area (Å²) in [6.45, 7) is 0.847. The Morgan fingerprint density at radius 3 is 2.70 bits per heavy atom. The molecule has 1 aliphatic heterocycles. The van der Waals surface area contributed by atoms with Crippen LogP contribution in [0, 0.1) is 17.3 Å². The van der Waals surface area contributed by atoms with Gasteiger partial charge in [-0.25, -0.2) is 0 Å². The second-order valence-electron chi connectivity index (χ2n) is 7.37. The molecule has 0 aromatic rings. The lowest BCUT2D eigenvalue weighted by atomic mass is 9.48. The Morgan fingerprint density at radius 2 is 2.10 bits per heavy atom. The van der Waals surface area contributed by atoms with Gasteiger partial charge in [-0.1, -0.05) is 27.7 Å². The molecule has 1 heterocycles. The van der Waals surface area contributed by atoms with Crippen molar-refractivity contribution in [1.29, 1.82) is 0 Å². The zero-order valence-corrected chi connectivity index (χ0v) is 14.1. The summed E-state index contributed by atoms with van der Waals surface area (Å²) in [6.07, 6.45) is 8.49. The average molecular weight is 357 g/mol. The predicted octanol–water partition coefficient (Wildman–Crippen LogP) is 3.33. The summed E-state index contributed by atoms with van der Waals surface area (Å²) in [6, 6.07) is 0. The lowest BCUT2D eigenvalue weighted by molar-refractivity contribution is -0.126. The number of aliphatic imine (C=N–C) groups is 1. The minimum absolute atomic E-state index is 0.191. The van der Waals surface area contributed by atoms with Gasteiger partial charge in [-0.2, -0.15) is 0 Å². The summed E-state index contributed by atoms with van der Waals surface area (Å²) in [5.41, 5.74) is 0.265. The summed E-state index contributed by atoms with van der Waals surface area (Å²) < 4.78 is 0.344. The molecule has 4 aliphatic carbocycles. The average Bonchev–Trinajstić information content (AvgIpc) is 2.76. The summed E-state index contributed by atoms with van der Waals surface area (Å²) >= 11 is 5.68. The van der Waals surface area contributed by atoms with Gasteiger partial charge in [-0.05, 0) is 55.8 Å². The highest BCUT2D eigenvalue weighted by molar-refractivity contribution is 9.10. The summed E-state index contributed by atoms with van der Waals surface area (Å²) in [5.74, 6) is 2.90. The van der Waals surface area contributed by atoms with Gasteiger partial charge in [-0.15, -0.1) is 0 Å². The number of hydrogen-bond donors (Lipinski definition) is 1. The van der Waals surface area contributed by atoms with Crippen LogP contribution in [0.3, 0.4) is 0 Å². The Morgan fingerprint density at radius 1 is 1.35 bits per heavy atom. The zero-order chi connectivity index (χ0) is 13.8. The molecule has 110 valence electrons. The molecule has 5 heteroatoms. The first-order chi connectivity index (χ1) is 9.54. The molecule has 20 heavy (non-hydrogen) atoms. The highest BCUT2D eigenvalue weighted by Crippen LogP contribution is 2.65. The molecule has 0 aromatic carbocycles. The van der Waals surface area contributed by atoms with E-state index in [2.05, 4.69) is 26.2 Å². The minimum atomic E-state index is 0.191. The van der Waals surface area contributed by atoms with Crippen LogP contribution in [0.1, 0.15) is 44.9 Å². The van der Waals surface area contributed by atoms with Crippen LogP contribution in [0.5, 0.6) is 0 Å². The number of thioether (sulfide) groups is 1. The minimum Gasteiger partial charge on any atom is -0.305 e. The van der Waals surface area contributed by atoms with Crippen LogP contribution in [-0.2, 0) is 4.79 Å². The van der Waals surface area contributed by atoms with Crippen molar-refractivity contribution >= 4 is 38.8 Å². The topological polar surface area (TPSA) is 41.5 Å². The second kappa shape index (κ2) is 4.73. The molecular formula is C15H21BrN2OS. The molecule has 1 amide bonds. The molecule has 0 saturated heterocycles. The van der Waals surface area contributed by atoms with E-state index in [0.717, 1.165) is 29.3 Å². The lowest BCUT2D eigenvalue weighted by Crippen LogP contribution is -2.54. The number of alkyl halides is 1. The van der Waals surface area contributed by atoms with Crippen molar-refractivity contribution in [1.82, 2.24) is 5.32 Å². The predicted molar refractivity (Wildman–Crippen MR) is 86.3 cm³/mol. The SMILES string of the molecule is O=C(CC12C[C@@H]3C[C@@H](CC(Br)(C3)C1)C2)NC1=NCCS1. The number of nitrogens with one attached hydrogen (secondary N) is 1. The number of amides is 1. The number of carbonyl (C=O) groups is 1. The summed E-state index contributed by atoms with van der Waals surface area (Å²) in [5, 5.41) is 3.87. The largest absolute Gasteiger partial charge is 0.305 e. The van der Waals surface area contributed by atoms with Gasteiger partial charge in [0.25, 0.3) is 0 Å². The fourth-order valence-corrected chi connectivity index (χ4v) is 7.71. The van der Waals surface area contributed by atoms with Crippen molar-refractivity contribution in [2.75, 3.05) is 12.3 Å². The molecule has 4 bridgehead atoms. The molecule has 0 spiro atoms. The summed E-state index contributed by atoms with van der Waals surface area (Å²) in [7, 11) is 0. The van der Waals surface area contributed by atoms with Gasteiger partial charge in [-0.3, -0.25) is 9.79 Å². The van der Waals surface area contributed by atoms with E-state index in [0.29, 0.717) is 10.7 Å². The number of rotatable bonds is 2. The van der Waals surface area contributed by atoms with E-state index in [1.54, 1.807) is 11.8 Å². The van der Waals surface area contributed by atoms with Gasteiger partial charge in [0.05, 0.1) is 6.54 Å². The molecule has 4 atom stereocenters. The van der Waals surface area contributed by atoms with Crippen molar-refractivity contribution in [2.45, 2.75) is 49.3 Å². The highest BCUT2D eigenvalue weighted by Gasteiger charge is 2.57. The van der Waals surface area contributed by atoms with E-state index < -0.39 is 0 Å². The van der Waals surface area contributed by atoms with Gasteiger partial charge in [0.15, 0.2) is 5.17 Å². The van der Waals surface area contributed by atoms with E-state index in [1.165, 1.54) is 38.5 Å². The Bertz CT molecular complexity index is 464. The molecule has 4 saturated carbocycles. The molecule has 2 unspecified atom stereocenters. The van der Waals surface area contributed by atoms with Crippen LogP contribution in [0.15, 0.2) is 4.99 Å². The molecule has 3 nitrogen and oxygen atoms in total. The van der Waals surface area contributed by atoms with E-state index in [-0.39, 0.29) is 11.3 Å². The van der Waals surface area contributed by atoms with Gasteiger partial charge < -0.3 is 5.32 Å². The molecule has 4 fully saturated rings. The smallest absolute Gasteiger partial charge is 0.226 e. The van der Waals surface area contributed by atoms with Crippen molar-refractivity contribution in [3.05, 3.63) is 0 Å². The third-order valence-electron chi connectivity index (χ3n) is 5.48. The van der Waals surface area contributed by atoms with Crippen LogP contribution < -0.4 is 5.32 Å². The Kier molecular flexibility index (Phi) is 3.22. The zero-order valence-electron chi connectivity index (χ0n) is 11.7. The number of carbonyl (C=O) groups excluding carboxylic acids is 1. The standard InChI is InChI=1S/C15H21BrN2OS/c16-15-6-10-3-11(7-15)5-14(4-10,9-15)8-12(19)18-13-17-1-2-20-13/h10-11H,1-9H2,(H,17,18,19)/t10-,11+,14?,15?. The monoisotopic (exact) mass is 356 g/mol. The Balaban J connectivity index is 1.46. The van der Waals surface area contributed by atoms with Crippen LogP contribution in [0.25, 0.3) is 0 Å². The maximum atomic E-state index is 12.4. The molecule has 5 rings (SSSR count). The van der Waals surface area contributed by atoms with E-state index >= 15 is 0 Å². The van der Waals surface area contributed by atoms with E-state index in [1.807, 2.05) is 0 Å². The second-order valence-corrected chi connectivity index (χ2v) is 10.1. The van der Waals surface area contributed by atoms with Crippen molar-refractivity contribution < 1.29 is 4.79 Å². The van der Waals surface area contributed by atoms with Gasteiger partial charge in [0.2, 0.25) is 5.91 Å². The number of halogens is 1. The lowest BCUT2D eigenvalue weighted by Gasteiger charge is -2.60. The van der Waals surface area contributed by atoms with Gasteiger partial charge in [0.1, 0.15) is 0 Å². The van der Waals surface area contributed by atoms with Gasteiger partial charge in [0, 0.05) is 16.5 Å². The van der Waals surface area contributed by atoms with Crippen LogP contribution in [0.2, 0.25) is 0 Å². The van der Waals surface area contributed by atoms with Crippen LogP contribution in [0.4, 0.5) is 0 Å². The first-order valence-electron chi connectivity index (χ1n) is 7.70. The normalized spacial score (nSPS) is 45.5. The van der Waals surface area contributed by atoms with E-state index in [4.69, 9.17) is 0 Å². The molecule has 0 radical (unpaired) electrons. The first-order valence-corrected chi connectivity index (χ1v) is 9.48. The third kappa shape index (κ3) is 2.45. The third-order valence-corrected chi connectivity index (χ3v) is 7.30. The van der Waals surface area contributed by atoms with Crippen molar-refractivity contribution in [3.63, 3.8) is 0 Å². The van der Waals surface area contributed by atoms with Crippen LogP contribution in [-0.4, -0.2) is 27.7 Å². The summed E-state index contributed by atoms with van der Waals surface area (Å²) in [4.78, 5) is 16.7. The van der Waals surface area contributed by atoms with Crippen molar-refractivity contribution in [3.8, 4) is 0 Å². The van der Waals surface area contributed by atoms with Crippen molar-refractivity contribution in [2.24, 2.45) is 22.2 Å². The fraction of sp³-hybridized carbons (Fsp3) is 0.867. The molecule has 1 N–H and O–H groups in total. The van der Waals surface area contributed by atoms with E-state index in [9.17, 15) is 4.79 Å². The fourth-order valence-electron chi connectivity index (χ4n) is 5.46. The quantitative estimate of drug-likeness (QED) is 0.771. The molecule has 0 aromatic heterocycles. The Hall–Kier alpha value is -0.0300. The van der Waals surface area contributed by atoms with Gasteiger partial charge >= 0.3 is 0 Å². The molecular weight excluding hydrogens is 336 g/mol. The first kappa shape index (κ1) is 13.6.